The average Bonchev–Trinajstić information content (AvgIpc) is 2.64. The summed E-state index contributed by atoms with van der Waals surface area (Å²) in [5.41, 5.74) is 3.49. The maximum atomic E-state index is 11.8. The second-order valence-corrected chi connectivity index (χ2v) is 5.53. The fourth-order valence-electron chi connectivity index (χ4n) is 2.12. The Morgan fingerprint density at radius 3 is 2.52 bits per heavy atom. The summed E-state index contributed by atoms with van der Waals surface area (Å²) in [5, 5.41) is 2.66. The van der Waals surface area contributed by atoms with Crippen molar-refractivity contribution in [1.29, 1.82) is 0 Å². The molecule has 0 bridgehead atoms. The summed E-state index contributed by atoms with van der Waals surface area (Å²) in [4.78, 5) is 23.0. The smallest absolute Gasteiger partial charge is 0.333 e. The molecule has 25 heavy (non-hydrogen) atoms. The van der Waals surface area contributed by atoms with E-state index in [4.69, 9.17) is 4.74 Å². The fourth-order valence-corrected chi connectivity index (χ4v) is 2.12. The third kappa shape index (κ3) is 6.11. The van der Waals surface area contributed by atoms with Crippen LogP contribution in [0.4, 0.5) is 0 Å². The van der Waals surface area contributed by atoms with E-state index in [-0.39, 0.29) is 19.1 Å². The Kier molecular flexibility index (Phi) is 6.72. The van der Waals surface area contributed by atoms with Crippen molar-refractivity contribution < 1.29 is 14.3 Å². The molecule has 4 nitrogen and oxygen atoms in total. The quantitative estimate of drug-likeness (QED) is 0.478. The lowest BCUT2D eigenvalue weighted by Gasteiger charge is -2.05. The van der Waals surface area contributed by atoms with Crippen molar-refractivity contribution in [2.45, 2.75) is 6.92 Å². The number of hydrogen-bond acceptors (Lipinski definition) is 3. The molecule has 0 aliphatic heterocycles. The van der Waals surface area contributed by atoms with Gasteiger partial charge < -0.3 is 10.1 Å². The summed E-state index contributed by atoms with van der Waals surface area (Å²) in [5.74, 6) is -0.695. The SMILES string of the molecule is C=C(C)C(=O)OCCNC(=O)/C=C/c1cccc(-c2ccccc2)c1. The van der Waals surface area contributed by atoms with E-state index in [0.29, 0.717) is 5.57 Å². The zero-order valence-electron chi connectivity index (χ0n) is 14.2. The second-order valence-electron chi connectivity index (χ2n) is 5.53. The molecule has 0 aliphatic carbocycles. The van der Waals surface area contributed by atoms with Gasteiger partial charge in [-0.2, -0.15) is 0 Å². The molecule has 0 atom stereocenters. The van der Waals surface area contributed by atoms with Crippen LogP contribution in [0.5, 0.6) is 0 Å². The highest BCUT2D eigenvalue weighted by Gasteiger charge is 2.02. The molecule has 1 N–H and O–H groups in total. The molecule has 0 unspecified atom stereocenters. The highest BCUT2D eigenvalue weighted by atomic mass is 16.5. The zero-order chi connectivity index (χ0) is 18.1. The van der Waals surface area contributed by atoms with E-state index < -0.39 is 5.97 Å². The van der Waals surface area contributed by atoms with Gasteiger partial charge in [-0.15, -0.1) is 0 Å². The Bertz CT molecular complexity index is 779. The summed E-state index contributed by atoms with van der Waals surface area (Å²) in [6.45, 7) is 5.44. The van der Waals surface area contributed by atoms with Crippen molar-refractivity contribution in [2.24, 2.45) is 0 Å². The lowest BCUT2D eigenvalue weighted by molar-refractivity contribution is -0.139. The highest BCUT2D eigenvalue weighted by Crippen LogP contribution is 2.20. The lowest BCUT2D eigenvalue weighted by Crippen LogP contribution is -2.26. The monoisotopic (exact) mass is 335 g/mol. The standard InChI is InChI=1S/C21H21NO3/c1-16(2)21(24)25-14-13-22-20(23)12-11-17-7-6-10-19(15-17)18-8-4-3-5-9-18/h3-12,15H,1,13-14H2,2H3,(H,22,23)/b12-11+. The normalized spacial score (nSPS) is 10.4. The van der Waals surface area contributed by atoms with Crippen LogP contribution in [-0.2, 0) is 14.3 Å². The van der Waals surface area contributed by atoms with Gasteiger partial charge in [-0.25, -0.2) is 4.79 Å². The largest absolute Gasteiger partial charge is 0.460 e. The average molecular weight is 335 g/mol. The minimum atomic E-state index is -0.456. The van der Waals surface area contributed by atoms with Crippen LogP contribution in [0.2, 0.25) is 0 Å². The number of rotatable bonds is 7. The van der Waals surface area contributed by atoms with Crippen LogP contribution in [-0.4, -0.2) is 25.0 Å². The molecule has 0 saturated heterocycles. The number of nitrogens with one attached hydrogen (secondary N) is 1. The number of esters is 1. The molecule has 0 aromatic heterocycles. The number of ether oxygens (including phenoxy) is 1. The predicted octanol–water partition coefficient (Wildman–Crippen LogP) is 3.60. The molecule has 0 aliphatic rings. The Morgan fingerprint density at radius 1 is 1.08 bits per heavy atom. The van der Waals surface area contributed by atoms with Crippen molar-refractivity contribution in [1.82, 2.24) is 5.32 Å². The maximum Gasteiger partial charge on any atom is 0.333 e. The fraction of sp³-hybridized carbons (Fsp3) is 0.143. The van der Waals surface area contributed by atoms with Gasteiger partial charge >= 0.3 is 5.97 Å². The number of hydrogen-bond donors (Lipinski definition) is 1. The van der Waals surface area contributed by atoms with E-state index in [0.717, 1.165) is 16.7 Å². The van der Waals surface area contributed by atoms with E-state index in [1.165, 1.54) is 6.08 Å². The number of amides is 1. The van der Waals surface area contributed by atoms with E-state index in [2.05, 4.69) is 11.9 Å². The molecule has 0 heterocycles. The van der Waals surface area contributed by atoms with Gasteiger partial charge in [0.2, 0.25) is 5.91 Å². The summed E-state index contributed by atoms with van der Waals surface area (Å²) in [6, 6.07) is 18.0. The molecule has 2 aromatic rings. The molecule has 0 saturated carbocycles. The zero-order valence-corrected chi connectivity index (χ0v) is 14.2. The Morgan fingerprint density at radius 2 is 1.80 bits per heavy atom. The van der Waals surface area contributed by atoms with Gasteiger partial charge in [0.1, 0.15) is 6.61 Å². The van der Waals surface area contributed by atoms with E-state index in [1.807, 2.05) is 54.6 Å². The van der Waals surface area contributed by atoms with Gasteiger partial charge in [-0.05, 0) is 35.8 Å². The van der Waals surface area contributed by atoms with Crippen LogP contribution in [0.25, 0.3) is 17.2 Å². The van der Waals surface area contributed by atoms with Crippen LogP contribution >= 0.6 is 0 Å². The summed E-state index contributed by atoms with van der Waals surface area (Å²) in [7, 11) is 0. The Labute approximate surface area is 147 Å². The molecular weight excluding hydrogens is 314 g/mol. The highest BCUT2D eigenvalue weighted by molar-refractivity contribution is 5.92. The van der Waals surface area contributed by atoms with Crippen LogP contribution in [0.1, 0.15) is 12.5 Å². The Hall–Kier alpha value is -3.14. The molecule has 2 aromatic carbocycles. The molecule has 128 valence electrons. The van der Waals surface area contributed by atoms with Gasteiger partial charge in [0.15, 0.2) is 0 Å². The first-order valence-electron chi connectivity index (χ1n) is 8.00. The number of carbonyl (C=O) groups excluding carboxylic acids is 2. The Balaban J connectivity index is 1.86. The van der Waals surface area contributed by atoms with Crippen LogP contribution in [0.3, 0.4) is 0 Å². The first-order valence-corrected chi connectivity index (χ1v) is 8.00. The molecule has 0 radical (unpaired) electrons. The van der Waals surface area contributed by atoms with Gasteiger partial charge in [-0.3, -0.25) is 4.79 Å². The molecule has 0 fully saturated rings. The molecular formula is C21H21NO3. The minimum Gasteiger partial charge on any atom is -0.460 e. The topological polar surface area (TPSA) is 55.4 Å². The third-order valence-electron chi connectivity index (χ3n) is 3.40. The number of carbonyl (C=O) groups is 2. The van der Waals surface area contributed by atoms with E-state index in [9.17, 15) is 9.59 Å². The predicted molar refractivity (Wildman–Crippen MR) is 99.7 cm³/mol. The van der Waals surface area contributed by atoms with Gasteiger partial charge in [0.05, 0.1) is 6.54 Å². The lowest BCUT2D eigenvalue weighted by atomic mass is 10.0. The van der Waals surface area contributed by atoms with Crippen LogP contribution in [0.15, 0.2) is 72.8 Å². The number of benzene rings is 2. The molecule has 0 spiro atoms. The minimum absolute atomic E-state index is 0.120. The van der Waals surface area contributed by atoms with Gasteiger partial charge in [-0.1, -0.05) is 55.1 Å². The van der Waals surface area contributed by atoms with Crippen molar-refractivity contribution >= 4 is 18.0 Å². The van der Waals surface area contributed by atoms with Gasteiger partial charge in [0.25, 0.3) is 0 Å². The van der Waals surface area contributed by atoms with Crippen LogP contribution < -0.4 is 5.32 Å². The van der Waals surface area contributed by atoms with Crippen molar-refractivity contribution in [3.63, 3.8) is 0 Å². The summed E-state index contributed by atoms with van der Waals surface area (Å²) >= 11 is 0. The van der Waals surface area contributed by atoms with Crippen LogP contribution in [0, 0.1) is 0 Å². The van der Waals surface area contributed by atoms with Crippen molar-refractivity contribution in [3.05, 3.63) is 78.4 Å². The van der Waals surface area contributed by atoms with Crippen molar-refractivity contribution in [3.8, 4) is 11.1 Å². The first kappa shape index (κ1) is 18.2. The molecule has 1 amide bonds. The summed E-state index contributed by atoms with van der Waals surface area (Å²) in [6.07, 6.45) is 3.21. The first-order chi connectivity index (χ1) is 12.1. The summed E-state index contributed by atoms with van der Waals surface area (Å²) < 4.78 is 4.90. The maximum absolute atomic E-state index is 11.8. The third-order valence-corrected chi connectivity index (χ3v) is 3.40. The molecule has 2 rings (SSSR count). The molecule has 4 heteroatoms. The second kappa shape index (κ2) is 9.23. The van der Waals surface area contributed by atoms with E-state index in [1.54, 1.807) is 13.0 Å². The van der Waals surface area contributed by atoms with E-state index >= 15 is 0 Å². The van der Waals surface area contributed by atoms with Gasteiger partial charge in [0, 0.05) is 11.6 Å². The van der Waals surface area contributed by atoms with Crippen molar-refractivity contribution in [2.75, 3.05) is 13.2 Å².